The number of aryl methyl sites for hydroxylation is 2. The van der Waals surface area contributed by atoms with Crippen molar-refractivity contribution in [3.8, 4) is 0 Å². The fourth-order valence-corrected chi connectivity index (χ4v) is 1.91. The van der Waals surface area contributed by atoms with Crippen LogP contribution in [0.2, 0.25) is 0 Å². The summed E-state index contributed by atoms with van der Waals surface area (Å²) in [7, 11) is 0. The van der Waals surface area contributed by atoms with Crippen LogP contribution in [0.1, 0.15) is 17.8 Å². The molecular formula is C11H17N3O2S. The summed E-state index contributed by atoms with van der Waals surface area (Å²) in [5, 5.41) is 11.9. The summed E-state index contributed by atoms with van der Waals surface area (Å²) in [6.07, 6.45) is 2.50. The van der Waals surface area contributed by atoms with Crippen LogP contribution in [0.25, 0.3) is 0 Å². The fraction of sp³-hybridized carbons (Fsp3) is 0.545. The van der Waals surface area contributed by atoms with Crippen LogP contribution in [0.3, 0.4) is 0 Å². The van der Waals surface area contributed by atoms with Crippen molar-refractivity contribution in [1.29, 1.82) is 0 Å². The summed E-state index contributed by atoms with van der Waals surface area (Å²) >= 11 is 1.62. The van der Waals surface area contributed by atoms with E-state index in [1.54, 1.807) is 11.8 Å². The highest BCUT2D eigenvalue weighted by Crippen LogP contribution is 2.09. The molecule has 1 aromatic heterocycles. The molecule has 1 heterocycles. The Morgan fingerprint density at radius 1 is 1.47 bits per heavy atom. The summed E-state index contributed by atoms with van der Waals surface area (Å²) in [5.74, 6) is 0.298. The van der Waals surface area contributed by atoms with E-state index in [1.165, 1.54) is 0 Å². The first kappa shape index (κ1) is 13.8. The van der Waals surface area contributed by atoms with E-state index in [-0.39, 0.29) is 0 Å². The fourth-order valence-electron chi connectivity index (χ4n) is 1.44. The normalized spacial score (nSPS) is 12.2. The van der Waals surface area contributed by atoms with Crippen molar-refractivity contribution >= 4 is 23.7 Å². The molecule has 2 N–H and O–H groups in total. The Bertz CT molecular complexity index is 378. The zero-order valence-electron chi connectivity index (χ0n) is 10.2. The number of aliphatic carboxylic acids is 1. The molecule has 6 heteroatoms. The molecule has 0 radical (unpaired) electrons. The molecule has 0 aromatic carbocycles. The highest BCUT2D eigenvalue weighted by atomic mass is 32.2. The highest BCUT2D eigenvalue weighted by molar-refractivity contribution is 7.98. The molecule has 1 atom stereocenters. The monoisotopic (exact) mass is 255 g/mol. The molecule has 94 valence electrons. The Balaban J connectivity index is 2.74. The van der Waals surface area contributed by atoms with Gasteiger partial charge in [-0.05, 0) is 38.3 Å². The maximum Gasteiger partial charge on any atom is 0.326 e. The maximum absolute atomic E-state index is 11.1. The van der Waals surface area contributed by atoms with Crippen molar-refractivity contribution in [2.75, 3.05) is 17.3 Å². The first-order valence-electron chi connectivity index (χ1n) is 5.33. The molecule has 0 fully saturated rings. The molecule has 0 aliphatic rings. The van der Waals surface area contributed by atoms with E-state index in [0.717, 1.165) is 17.1 Å². The molecule has 17 heavy (non-hydrogen) atoms. The quantitative estimate of drug-likeness (QED) is 0.806. The minimum absolute atomic E-state index is 0.385. The molecule has 0 aliphatic heterocycles. The standard InChI is InChI=1S/C11H17N3O2S/c1-7-6-8(2)13-11(12-7)14-9(10(15)16)4-5-17-3/h6,9H,4-5H2,1-3H3,(H,15,16)(H,12,13,14)/t9-/m1/s1. The van der Waals surface area contributed by atoms with Crippen LogP contribution < -0.4 is 5.32 Å². The lowest BCUT2D eigenvalue weighted by Gasteiger charge is -2.14. The van der Waals surface area contributed by atoms with Crippen molar-refractivity contribution in [1.82, 2.24) is 9.97 Å². The molecule has 5 nitrogen and oxygen atoms in total. The average Bonchev–Trinajstić information content (AvgIpc) is 2.22. The number of anilines is 1. The minimum atomic E-state index is -0.873. The first-order chi connectivity index (χ1) is 8.02. The number of carbonyl (C=O) groups is 1. The number of aromatic nitrogens is 2. The topological polar surface area (TPSA) is 75.1 Å². The predicted octanol–water partition coefficient (Wildman–Crippen LogP) is 1.71. The van der Waals surface area contributed by atoms with Crippen LogP contribution in [0, 0.1) is 13.8 Å². The minimum Gasteiger partial charge on any atom is -0.480 e. The molecule has 0 aliphatic carbocycles. The van der Waals surface area contributed by atoms with Crippen LogP contribution >= 0.6 is 11.8 Å². The molecule has 0 saturated carbocycles. The van der Waals surface area contributed by atoms with Gasteiger partial charge < -0.3 is 10.4 Å². The molecule has 1 aromatic rings. The van der Waals surface area contributed by atoms with Crippen molar-refractivity contribution in [3.63, 3.8) is 0 Å². The molecule has 0 bridgehead atoms. The molecule has 0 unspecified atom stereocenters. The van der Waals surface area contributed by atoms with Gasteiger partial charge in [0.1, 0.15) is 6.04 Å². The van der Waals surface area contributed by atoms with Gasteiger partial charge in [-0.3, -0.25) is 0 Å². The number of rotatable bonds is 6. The largest absolute Gasteiger partial charge is 0.480 e. The molecule has 0 amide bonds. The average molecular weight is 255 g/mol. The van der Waals surface area contributed by atoms with Crippen LogP contribution in [-0.4, -0.2) is 39.1 Å². The third-order valence-corrected chi connectivity index (χ3v) is 2.84. The number of carboxylic acids is 1. The van der Waals surface area contributed by atoms with Gasteiger partial charge in [0.2, 0.25) is 5.95 Å². The van der Waals surface area contributed by atoms with Crippen molar-refractivity contribution in [2.45, 2.75) is 26.3 Å². The zero-order chi connectivity index (χ0) is 12.8. The van der Waals surface area contributed by atoms with Crippen LogP contribution in [-0.2, 0) is 4.79 Å². The lowest BCUT2D eigenvalue weighted by atomic mass is 10.2. The predicted molar refractivity (Wildman–Crippen MR) is 69.6 cm³/mol. The molecule has 0 saturated heterocycles. The van der Waals surface area contributed by atoms with Crippen molar-refractivity contribution < 1.29 is 9.90 Å². The van der Waals surface area contributed by atoms with E-state index in [4.69, 9.17) is 5.11 Å². The smallest absolute Gasteiger partial charge is 0.326 e. The van der Waals surface area contributed by atoms with Gasteiger partial charge in [0.15, 0.2) is 0 Å². The summed E-state index contributed by atoms with van der Waals surface area (Å²) < 4.78 is 0. The van der Waals surface area contributed by atoms with Gasteiger partial charge in [0.25, 0.3) is 0 Å². The second-order valence-electron chi connectivity index (χ2n) is 3.79. The Hall–Kier alpha value is -1.30. The van der Waals surface area contributed by atoms with E-state index >= 15 is 0 Å². The number of nitrogens with one attached hydrogen (secondary N) is 1. The third-order valence-electron chi connectivity index (χ3n) is 2.19. The van der Waals surface area contributed by atoms with Gasteiger partial charge in [-0.1, -0.05) is 0 Å². The van der Waals surface area contributed by atoms with E-state index in [9.17, 15) is 4.79 Å². The summed E-state index contributed by atoms with van der Waals surface area (Å²) in [6.45, 7) is 3.72. The third kappa shape index (κ3) is 4.60. The zero-order valence-corrected chi connectivity index (χ0v) is 11.0. The highest BCUT2D eigenvalue weighted by Gasteiger charge is 2.17. The van der Waals surface area contributed by atoms with Gasteiger partial charge in [0, 0.05) is 11.4 Å². The van der Waals surface area contributed by atoms with Gasteiger partial charge in [-0.2, -0.15) is 11.8 Å². The van der Waals surface area contributed by atoms with E-state index < -0.39 is 12.0 Å². The van der Waals surface area contributed by atoms with Gasteiger partial charge >= 0.3 is 5.97 Å². The summed E-state index contributed by atoms with van der Waals surface area (Å²) in [4.78, 5) is 19.4. The number of nitrogens with zero attached hydrogens (tertiary/aromatic N) is 2. The lowest BCUT2D eigenvalue weighted by molar-refractivity contribution is -0.137. The van der Waals surface area contributed by atoms with Crippen LogP contribution in [0.4, 0.5) is 5.95 Å². The van der Waals surface area contributed by atoms with Gasteiger partial charge in [-0.25, -0.2) is 14.8 Å². The van der Waals surface area contributed by atoms with Crippen LogP contribution in [0.15, 0.2) is 6.07 Å². The van der Waals surface area contributed by atoms with Crippen molar-refractivity contribution in [2.24, 2.45) is 0 Å². The second-order valence-corrected chi connectivity index (χ2v) is 4.78. The van der Waals surface area contributed by atoms with Gasteiger partial charge in [-0.15, -0.1) is 0 Å². The van der Waals surface area contributed by atoms with Crippen LogP contribution in [0.5, 0.6) is 0 Å². The number of thioether (sulfide) groups is 1. The number of hydrogen-bond donors (Lipinski definition) is 2. The van der Waals surface area contributed by atoms with Gasteiger partial charge in [0.05, 0.1) is 0 Å². The molecular weight excluding hydrogens is 238 g/mol. The van der Waals surface area contributed by atoms with E-state index in [1.807, 2.05) is 26.2 Å². The van der Waals surface area contributed by atoms with Crippen molar-refractivity contribution in [3.05, 3.63) is 17.5 Å². The Labute approximate surface area is 105 Å². The Morgan fingerprint density at radius 2 is 2.06 bits per heavy atom. The summed E-state index contributed by atoms with van der Waals surface area (Å²) in [6, 6.07) is 1.21. The molecule has 1 rings (SSSR count). The number of carboxylic acid groups (broad SMARTS) is 1. The first-order valence-corrected chi connectivity index (χ1v) is 6.73. The summed E-state index contributed by atoms with van der Waals surface area (Å²) in [5.41, 5.74) is 1.66. The van der Waals surface area contributed by atoms with E-state index in [2.05, 4.69) is 15.3 Å². The van der Waals surface area contributed by atoms with E-state index in [0.29, 0.717) is 12.4 Å². The Kier molecular flexibility index (Phi) is 5.21. The SMILES string of the molecule is CSCC[C@@H](Nc1nc(C)cc(C)n1)C(=O)O. The Morgan fingerprint density at radius 3 is 2.53 bits per heavy atom. The maximum atomic E-state index is 11.1. The second kappa shape index (κ2) is 6.44. The molecule has 0 spiro atoms. The lowest BCUT2D eigenvalue weighted by Crippen LogP contribution is -2.30. The number of hydrogen-bond acceptors (Lipinski definition) is 5.